The number of nitrogens with one attached hydrogen (secondary N) is 1. The van der Waals surface area contributed by atoms with E-state index in [-0.39, 0.29) is 11.7 Å². The van der Waals surface area contributed by atoms with Crippen molar-refractivity contribution < 1.29 is 23.8 Å². The van der Waals surface area contributed by atoms with Gasteiger partial charge in [-0.15, -0.1) is 0 Å². The summed E-state index contributed by atoms with van der Waals surface area (Å²) >= 11 is 0. The Kier molecular flexibility index (Phi) is 6.73. The molecule has 0 saturated carbocycles. The Morgan fingerprint density at radius 3 is 2.47 bits per heavy atom. The summed E-state index contributed by atoms with van der Waals surface area (Å²) in [7, 11) is 2.98. The topological polar surface area (TPSA) is 99.1 Å². The van der Waals surface area contributed by atoms with Crippen LogP contribution in [0.2, 0.25) is 0 Å². The van der Waals surface area contributed by atoms with E-state index in [4.69, 9.17) is 14.2 Å². The first-order chi connectivity index (χ1) is 14.6. The molecule has 3 rings (SSSR count). The van der Waals surface area contributed by atoms with E-state index in [1.807, 2.05) is 0 Å². The normalized spacial score (nSPS) is 10.5. The fourth-order valence-electron chi connectivity index (χ4n) is 2.49. The number of carbonyl (C=O) groups is 2. The highest BCUT2D eigenvalue weighted by atomic mass is 16.6. The first kappa shape index (κ1) is 20.5. The van der Waals surface area contributed by atoms with Gasteiger partial charge in [0.15, 0.2) is 11.5 Å². The van der Waals surface area contributed by atoms with Gasteiger partial charge in [-0.2, -0.15) is 5.10 Å². The average molecular weight is 405 g/mol. The minimum Gasteiger partial charge on any atom is -0.497 e. The third kappa shape index (κ3) is 5.20. The largest absolute Gasteiger partial charge is 0.497 e. The van der Waals surface area contributed by atoms with E-state index in [1.165, 1.54) is 32.8 Å². The second kappa shape index (κ2) is 9.83. The molecule has 0 aliphatic rings. The number of nitrogens with zero attached hydrogens (tertiary/aromatic N) is 2. The van der Waals surface area contributed by atoms with E-state index in [0.717, 1.165) is 0 Å². The van der Waals surface area contributed by atoms with Gasteiger partial charge in [0.05, 0.1) is 26.0 Å². The molecule has 2 aromatic carbocycles. The van der Waals surface area contributed by atoms with Crippen LogP contribution in [-0.2, 0) is 0 Å². The molecule has 0 fully saturated rings. The molecule has 3 aromatic rings. The van der Waals surface area contributed by atoms with Crippen LogP contribution in [0.4, 0.5) is 0 Å². The minimum atomic E-state index is -0.543. The quantitative estimate of drug-likeness (QED) is 0.281. The molecular formula is C22H19N3O5. The Labute approximate surface area is 173 Å². The van der Waals surface area contributed by atoms with Gasteiger partial charge in [0.25, 0.3) is 5.91 Å². The number of methoxy groups -OCH3 is 2. The van der Waals surface area contributed by atoms with Crippen molar-refractivity contribution in [2.45, 2.75) is 0 Å². The Morgan fingerprint density at radius 2 is 1.73 bits per heavy atom. The van der Waals surface area contributed by atoms with Crippen molar-refractivity contribution in [1.29, 1.82) is 0 Å². The van der Waals surface area contributed by atoms with Gasteiger partial charge in [0, 0.05) is 18.0 Å². The van der Waals surface area contributed by atoms with Crippen LogP contribution in [0.1, 0.15) is 26.3 Å². The fraction of sp³-hybridized carbons (Fsp3) is 0.0909. The van der Waals surface area contributed by atoms with Gasteiger partial charge in [-0.1, -0.05) is 6.07 Å². The molecule has 1 aromatic heterocycles. The van der Waals surface area contributed by atoms with Crippen molar-refractivity contribution in [3.63, 3.8) is 0 Å². The highest BCUT2D eigenvalue weighted by Gasteiger charge is 2.13. The summed E-state index contributed by atoms with van der Waals surface area (Å²) in [5.74, 6) is 0.249. The van der Waals surface area contributed by atoms with Gasteiger partial charge in [-0.05, 0) is 54.1 Å². The number of aromatic nitrogens is 1. The predicted molar refractivity (Wildman–Crippen MR) is 110 cm³/mol. The molecule has 152 valence electrons. The van der Waals surface area contributed by atoms with Crippen LogP contribution in [-0.4, -0.2) is 37.3 Å². The van der Waals surface area contributed by atoms with Crippen LogP contribution in [0, 0.1) is 0 Å². The summed E-state index contributed by atoms with van der Waals surface area (Å²) in [6.45, 7) is 0. The molecule has 0 saturated heterocycles. The van der Waals surface area contributed by atoms with Crippen molar-refractivity contribution >= 4 is 18.1 Å². The molecule has 0 spiro atoms. The molecule has 0 bridgehead atoms. The number of pyridine rings is 1. The molecule has 1 amide bonds. The summed E-state index contributed by atoms with van der Waals surface area (Å²) in [6.07, 6.45) is 4.50. The molecule has 0 radical (unpaired) electrons. The van der Waals surface area contributed by atoms with Crippen molar-refractivity contribution in [2.75, 3.05) is 14.2 Å². The number of hydrogen-bond acceptors (Lipinski definition) is 7. The number of ether oxygens (including phenoxy) is 3. The number of rotatable bonds is 7. The first-order valence-electron chi connectivity index (χ1n) is 8.88. The molecule has 1 N–H and O–H groups in total. The zero-order valence-electron chi connectivity index (χ0n) is 16.4. The average Bonchev–Trinajstić information content (AvgIpc) is 2.80. The van der Waals surface area contributed by atoms with Crippen molar-refractivity contribution in [2.24, 2.45) is 5.10 Å². The van der Waals surface area contributed by atoms with E-state index in [9.17, 15) is 9.59 Å². The SMILES string of the molecule is COc1cccc(C(=O)Oc2ccc(C=NNC(=O)c3ccncc3)cc2OC)c1. The lowest BCUT2D eigenvalue weighted by atomic mass is 10.2. The Morgan fingerprint density at radius 1 is 0.933 bits per heavy atom. The maximum Gasteiger partial charge on any atom is 0.343 e. The first-order valence-corrected chi connectivity index (χ1v) is 8.88. The Balaban J connectivity index is 1.68. The molecule has 0 atom stereocenters. The van der Waals surface area contributed by atoms with Gasteiger partial charge in [0.1, 0.15) is 5.75 Å². The summed E-state index contributed by atoms with van der Waals surface area (Å²) in [5, 5.41) is 3.93. The number of esters is 1. The van der Waals surface area contributed by atoms with E-state index >= 15 is 0 Å². The van der Waals surface area contributed by atoms with Gasteiger partial charge < -0.3 is 14.2 Å². The highest BCUT2D eigenvalue weighted by molar-refractivity contribution is 5.95. The zero-order valence-corrected chi connectivity index (χ0v) is 16.4. The molecule has 8 nitrogen and oxygen atoms in total. The van der Waals surface area contributed by atoms with E-state index in [1.54, 1.807) is 54.6 Å². The van der Waals surface area contributed by atoms with Crippen molar-refractivity contribution in [3.05, 3.63) is 83.7 Å². The number of hydrogen-bond donors (Lipinski definition) is 1. The lowest BCUT2D eigenvalue weighted by Crippen LogP contribution is -2.17. The summed E-state index contributed by atoms with van der Waals surface area (Å²) in [6, 6.07) is 14.7. The van der Waals surface area contributed by atoms with Crippen LogP contribution in [0.25, 0.3) is 0 Å². The van der Waals surface area contributed by atoms with Gasteiger partial charge in [-0.25, -0.2) is 10.2 Å². The lowest BCUT2D eigenvalue weighted by molar-refractivity contribution is 0.0729. The summed E-state index contributed by atoms with van der Waals surface area (Å²) in [5.41, 5.74) is 3.86. The molecule has 30 heavy (non-hydrogen) atoms. The molecule has 0 unspecified atom stereocenters. The standard InChI is InChI=1S/C22H19N3O5/c1-28-18-5-3-4-17(13-18)22(27)30-19-7-6-15(12-20(19)29-2)14-24-25-21(26)16-8-10-23-11-9-16/h3-14H,1-2H3,(H,25,26). The molecular weight excluding hydrogens is 386 g/mol. The Hall–Kier alpha value is -4.20. The third-order valence-corrected chi connectivity index (χ3v) is 4.02. The van der Waals surface area contributed by atoms with Crippen LogP contribution in [0.3, 0.4) is 0 Å². The fourth-order valence-corrected chi connectivity index (χ4v) is 2.49. The molecule has 0 aliphatic heterocycles. The number of amides is 1. The monoisotopic (exact) mass is 405 g/mol. The third-order valence-electron chi connectivity index (χ3n) is 4.02. The summed E-state index contributed by atoms with van der Waals surface area (Å²) in [4.78, 5) is 28.2. The summed E-state index contributed by atoms with van der Waals surface area (Å²) < 4.78 is 15.9. The van der Waals surface area contributed by atoms with E-state index in [2.05, 4.69) is 15.5 Å². The van der Waals surface area contributed by atoms with Crippen molar-refractivity contribution in [3.8, 4) is 17.2 Å². The highest BCUT2D eigenvalue weighted by Crippen LogP contribution is 2.28. The maximum absolute atomic E-state index is 12.4. The van der Waals surface area contributed by atoms with Gasteiger partial charge >= 0.3 is 5.97 Å². The predicted octanol–water partition coefficient (Wildman–Crippen LogP) is 3.08. The zero-order chi connectivity index (χ0) is 21.3. The number of hydrazone groups is 1. The van der Waals surface area contributed by atoms with Gasteiger partial charge in [-0.3, -0.25) is 9.78 Å². The van der Waals surface area contributed by atoms with E-state index in [0.29, 0.717) is 28.2 Å². The van der Waals surface area contributed by atoms with Crippen molar-refractivity contribution in [1.82, 2.24) is 10.4 Å². The second-order valence-corrected chi connectivity index (χ2v) is 5.97. The van der Waals surface area contributed by atoms with E-state index < -0.39 is 5.97 Å². The van der Waals surface area contributed by atoms with Crippen LogP contribution >= 0.6 is 0 Å². The molecule has 8 heteroatoms. The van der Waals surface area contributed by atoms with Gasteiger partial charge in [0.2, 0.25) is 0 Å². The number of carbonyl (C=O) groups excluding carboxylic acids is 2. The lowest BCUT2D eigenvalue weighted by Gasteiger charge is -2.10. The molecule has 0 aliphatic carbocycles. The molecule has 1 heterocycles. The number of benzene rings is 2. The minimum absolute atomic E-state index is 0.253. The van der Waals surface area contributed by atoms with Crippen LogP contribution in [0.15, 0.2) is 72.1 Å². The smallest absolute Gasteiger partial charge is 0.343 e. The second-order valence-electron chi connectivity index (χ2n) is 5.97. The van der Waals surface area contributed by atoms with Crippen LogP contribution < -0.4 is 19.6 Å². The maximum atomic E-state index is 12.4. The Bertz CT molecular complexity index is 1070. The van der Waals surface area contributed by atoms with Crippen LogP contribution in [0.5, 0.6) is 17.2 Å².